The molecule has 1 heterocycles. The molecule has 0 aliphatic carbocycles. The number of hydrogen-bond acceptors (Lipinski definition) is 5. The molecular formula is C19H18N4O4. The highest BCUT2D eigenvalue weighted by Crippen LogP contribution is 2.27. The zero-order valence-electron chi connectivity index (χ0n) is 14.9. The number of hydrogen-bond donors (Lipinski definition) is 1. The van der Waals surface area contributed by atoms with Gasteiger partial charge in [-0.1, -0.05) is 24.3 Å². The molecule has 3 aromatic rings. The Labute approximate surface area is 155 Å². The van der Waals surface area contributed by atoms with Gasteiger partial charge in [0, 0.05) is 12.1 Å². The van der Waals surface area contributed by atoms with Gasteiger partial charge in [-0.2, -0.15) is 5.10 Å². The largest absolute Gasteiger partial charge is 0.477 e. The number of amides is 1. The summed E-state index contributed by atoms with van der Waals surface area (Å²) in [6, 6.07) is 15.6. The van der Waals surface area contributed by atoms with Gasteiger partial charge in [0.15, 0.2) is 12.4 Å². The molecule has 0 unspecified atom stereocenters. The fourth-order valence-electron chi connectivity index (χ4n) is 2.56. The van der Waals surface area contributed by atoms with Gasteiger partial charge < -0.3 is 10.1 Å². The number of nitro groups is 1. The van der Waals surface area contributed by atoms with Gasteiger partial charge in [0.25, 0.3) is 5.91 Å². The first-order chi connectivity index (χ1) is 12.9. The molecule has 0 aliphatic heterocycles. The number of aromatic nitrogens is 2. The van der Waals surface area contributed by atoms with Gasteiger partial charge in [-0.05, 0) is 37.6 Å². The van der Waals surface area contributed by atoms with Crippen LogP contribution in [0.1, 0.15) is 11.3 Å². The molecule has 1 amide bonds. The van der Waals surface area contributed by atoms with E-state index in [1.165, 1.54) is 12.1 Å². The number of aryl methyl sites for hydroxylation is 2. The Bertz CT molecular complexity index is 983. The minimum absolute atomic E-state index is 0.0582. The highest BCUT2D eigenvalue weighted by Gasteiger charge is 2.17. The van der Waals surface area contributed by atoms with Crippen molar-refractivity contribution < 1.29 is 14.5 Å². The van der Waals surface area contributed by atoms with E-state index >= 15 is 0 Å². The van der Waals surface area contributed by atoms with Crippen molar-refractivity contribution in [2.75, 3.05) is 11.9 Å². The average Bonchev–Trinajstić information content (AvgIpc) is 3.00. The van der Waals surface area contributed by atoms with Crippen LogP contribution in [0.4, 0.5) is 11.5 Å². The molecule has 0 aliphatic rings. The van der Waals surface area contributed by atoms with E-state index < -0.39 is 10.8 Å². The summed E-state index contributed by atoms with van der Waals surface area (Å²) in [4.78, 5) is 22.8. The third kappa shape index (κ3) is 4.30. The van der Waals surface area contributed by atoms with Crippen molar-refractivity contribution in [3.05, 3.63) is 76.0 Å². The molecule has 0 fully saturated rings. The summed E-state index contributed by atoms with van der Waals surface area (Å²) in [6.07, 6.45) is 0. The van der Waals surface area contributed by atoms with Crippen LogP contribution in [-0.2, 0) is 4.79 Å². The summed E-state index contributed by atoms with van der Waals surface area (Å²) in [5.74, 6) is 0.108. The van der Waals surface area contributed by atoms with E-state index in [-0.39, 0.29) is 18.0 Å². The van der Waals surface area contributed by atoms with Crippen molar-refractivity contribution in [2.24, 2.45) is 0 Å². The first kappa shape index (κ1) is 18.1. The molecule has 1 aromatic heterocycles. The quantitative estimate of drug-likeness (QED) is 0.532. The van der Waals surface area contributed by atoms with E-state index in [1.54, 1.807) is 23.7 Å². The molecule has 8 heteroatoms. The first-order valence-electron chi connectivity index (χ1n) is 8.24. The van der Waals surface area contributed by atoms with Crippen molar-refractivity contribution in [3.8, 4) is 11.4 Å². The lowest BCUT2D eigenvalue weighted by Crippen LogP contribution is -2.22. The zero-order chi connectivity index (χ0) is 19.4. The van der Waals surface area contributed by atoms with Crippen molar-refractivity contribution in [1.29, 1.82) is 0 Å². The molecule has 27 heavy (non-hydrogen) atoms. The Morgan fingerprint density at radius 1 is 1.19 bits per heavy atom. The smallest absolute Gasteiger partial charge is 0.310 e. The maximum Gasteiger partial charge on any atom is 0.310 e. The predicted octanol–water partition coefficient (Wildman–Crippen LogP) is 3.41. The number of rotatable bonds is 6. The molecule has 3 rings (SSSR count). The zero-order valence-corrected chi connectivity index (χ0v) is 14.9. The van der Waals surface area contributed by atoms with Crippen molar-refractivity contribution >= 4 is 17.4 Å². The van der Waals surface area contributed by atoms with Crippen LogP contribution in [0.15, 0.2) is 54.6 Å². The van der Waals surface area contributed by atoms with Gasteiger partial charge in [-0.15, -0.1) is 0 Å². The van der Waals surface area contributed by atoms with Crippen molar-refractivity contribution in [2.45, 2.75) is 13.8 Å². The van der Waals surface area contributed by atoms with Crippen LogP contribution in [0.5, 0.6) is 5.75 Å². The molecule has 1 N–H and O–H groups in total. The summed E-state index contributed by atoms with van der Waals surface area (Å²) >= 11 is 0. The number of para-hydroxylation sites is 1. The van der Waals surface area contributed by atoms with E-state index in [1.807, 2.05) is 37.3 Å². The Morgan fingerprint density at radius 2 is 1.93 bits per heavy atom. The normalized spacial score (nSPS) is 10.4. The SMILES string of the molecule is Cc1ccc([N+](=O)[O-])c(OCC(=O)Nc2cc(C)nn2-c2ccccc2)c1. The number of nitro benzene ring substituents is 1. The number of nitrogens with zero attached hydrogens (tertiary/aromatic N) is 3. The number of benzene rings is 2. The van der Waals surface area contributed by atoms with E-state index in [2.05, 4.69) is 10.4 Å². The maximum absolute atomic E-state index is 12.3. The number of carbonyl (C=O) groups is 1. The second-order valence-corrected chi connectivity index (χ2v) is 5.98. The van der Waals surface area contributed by atoms with Gasteiger partial charge in [0.05, 0.1) is 16.3 Å². The lowest BCUT2D eigenvalue weighted by Gasteiger charge is -2.10. The van der Waals surface area contributed by atoms with Crippen LogP contribution in [0.2, 0.25) is 0 Å². The molecule has 0 atom stereocenters. The first-order valence-corrected chi connectivity index (χ1v) is 8.24. The summed E-state index contributed by atoms with van der Waals surface area (Å²) in [6.45, 7) is 3.25. The summed E-state index contributed by atoms with van der Waals surface area (Å²) < 4.78 is 7.00. The van der Waals surface area contributed by atoms with E-state index in [0.717, 1.165) is 16.9 Å². The van der Waals surface area contributed by atoms with Crippen LogP contribution < -0.4 is 10.1 Å². The predicted molar refractivity (Wildman–Crippen MR) is 100 cm³/mol. The van der Waals surface area contributed by atoms with Gasteiger partial charge in [0.1, 0.15) is 5.82 Å². The topological polar surface area (TPSA) is 99.3 Å². The Balaban J connectivity index is 1.73. The van der Waals surface area contributed by atoms with E-state index in [9.17, 15) is 14.9 Å². The second-order valence-electron chi connectivity index (χ2n) is 5.98. The molecule has 0 bridgehead atoms. The van der Waals surface area contributed by atoms with Crippen LogP contribution in [0, 0.1) is 24.0 Å². The number of nitrogens with one attached hydrogen (secondary N) is 1. The summed E-state index contributed by atoms with van der Waals surface area (Å²) in [5, 5.41) is 18.2. The number of ether oxygens (including phenoxy) is 1. The minimum atomic E-state index is -0.541. The van der Waals surface area contributed by atoms with Crippen LogP contribution in [-0.4, -0.2) is 27.2 Å². The van der Waals surface area contributed by atoms with E-state index in [0.29, 0.717) is 5.82 Å². The molecule has 0 spiro atoms. The molecule has 138 valence electrons. The second kappa shape index (κ2) is 7.69. The van der Waals surface area contributed by atoms with Crippen molar-refractivity contribution in [1.82, 2.24) is 9.78 Å². The number of carbonyl (C=O) groups excluding carboxylic acids is 1. The fourth-order valence-corrected chi connectivity index (χ4v) is 2.56. The lowest BCUT2D eigenvalue weighted by molar-refractivity contribution is -0.385. The highest BCUT2D eigenvalue weighted by molar-refractivity contribution is 5.91. The van der Waals surface area contributed by atoms with Crippen LogP contribution >= 0.6 is 0 Å². The summed E-state index contributed by atoms with van der Waals surface area (Å²) in [5.41, 5.74) is 2.16. The average molecular weight is 366 g/mol. The molecule has 2 aromatic carbocycles. The fraction of sp³-hybridized carbons (Fsp3) is 0.158. The van der Waals surface area contributed by atoms with Crippen LogP contribution in [0.25, 0.3) is 5.69 Å². The molecule has 0 saturated heterocycles. The molecule has 8 nitrogen and oxygen atoms in total. The maximum atomic E-state index is 12.3. The lowest BCUT2D eigenvalue weighted by atomic mass is 10.2. The molecule has 0 saturated carbocycles. The van der Waals surface area contributed by atoms with E-state index in [4.69, 9.17) is 4.74 Å². The summed E-state index contributed by atoms with van der Waals surface area (Å²) in [7, 11) is 0. The highest BCUT2D eigenvalue weighted by atomic mass is 16.6. The van der Waals surface area contributed by atoms with Gasteiger partial charge in [-0.25, -0.2) is 4.68 Å². The third-order valence-electron chi connectivity index (χ3n) is 3.77. The third-order valence-corrected chi connectivity index (χ3v) is 3.77. The Kier molecular flexibility index (Phi) is 5.16. The van der Waals surface area contributed by atoms with Crippen molar-refractivity contribution in [3.63, 3.8) is 0 Å². The van der Waals surface area contributed by atoms with Gasteiger partial charge >= 0.3 is 5.69 Å². The monoisotopic (exact) mass is 366 g/mol. The molecular weight excluding hydrogens is 348 g/mol. The molecule has 0 radical (unpaired) electrons. The Hall–Kier alpha value is -3.68. The van der Waals surface area contributed by atoms with Crippen LogP contribution in [0.3, 0.4) is 0 Å². The van der Waals surface area contributed by atoms with Gasteiger partial charge in [-0.3, -0.25) is 14.9 Å². The number of anilines is 1. The Morgan fingerprint density at radius 3 is 2.63 bits per heavy atom. The standard InChI is InChI=1S/C19H18N4O4/c1-13-8-9-16(23(25)26)17(10-13)27-12-19(24)20-18-11-14(2)21-22(18)15-6-4-3-5-7-15/h3-11H,12H2,1-2H3,(H,20,24). The van der Waals surface area contributed by atoms with Gasteiger partial charge in [0.2, 0.25) is 0 Å². The minimum Gasteiger partial charge on any atom is -0.477 e.